The van der Waals surface area contributed by atoms with Gasteiger partial charge in [0.25, 0.3) is 0 Å². The van der Waals surface area contributed by atoms with Gasteiger partial charge in [-0.05, 0) is 19.2 Å². The molecule has 1 fully saturated rings. The van der Waals surface area contributed by atoms with Crippen LogP contribution in [0.1, 0.15) is 12.0 Å². The Labute approximate surface area is 111 Å². The zero-order valence-electron chi connectivity index (χ0n) is 10.5. The largest absolute Gasteiger partial charge is 0.396 e. The van der Waals surface area contributed by atoms with Gasteiger partial charge in [0, 0.05) is 43.6 Å². The number of aliphatic hydroxyl groups is 2. The summed E-state index contributed by atoms with van der Waals surface area (Å²) in [5.74, 6) is 0.0244. The molecule has 1 saturated heterocycles. The van der Waals surface area contributed by atoms with Crippen molar-refractivity contribution in [2.24, 2.45) is 5.92 Å². The van der Waals surface area contributed by atoms with Gasteiger partial charge in [-0.25, -0.2) is 9.97 Å². The Bertz CT molecular complexity index is 374. The molecule has 0 bridgehead atoms. The molecule has 100 valence electrons. The van der Waals surface area contributed by atoms with E-state index in [1.807, 2.05) is 18.6 Å². The van der Waals surface area contributed by atoms with E-state index in [1.165, 1.54) is 11.8 Å². The van der Waals surface area contributed by atoms with Crippen molar-refractivity contribution in [2.45, 2.75) is 24.2 Å². The Balaban J connectivity index is 1.89. The van der Waals surface area contributed by atoms with Crippen molar-refractivity contribution in [2.75, 3.05) is 26.0 Å². The highest BCUT2D eigenvalue weighted by Gasteiger charge is 2.26. The summed E-state index contributed by atoms with van der Waals surface area (Å²) in [4.78, 5) is 10.6. The third kappa shape index (κ3) is 3.41. The number of thioether (sulfide) groups is 1. The van der Waals surface area contributed by atoms with Crippen LogP contribution < -0.4 is 0 Å². The third-order valence-electron chi connectivity index (χ3n) is 3.31. The van der Waals surface area contributed by atoms with Crippen LogP contribution in [0.4, 0.5) is 0 Å². The van der Waals surface area contributed by atoms with E-state index in [-0.39, 0.29) is 12.5 Å². The lowest BCUT2D eigenvalue weighted by molar-refractivity contribution is -0.00450. The number of hydrogen-bond donors (Lipinski definition) is 2. The highest BCUT2D eigenvalue weighted by molar-refractivity contribution is 7.98. The summed E-state index contributed by atoms with van der Waals surface area (Å²) < 4.78 is 0. The molecule has 6 heteroatoms. The van der Waals surface area contributed by atoms with E-state index >= 15 is 0 Å². The first-order chi connectivity index (χ1) is 8.72. The van der Waals surface area contributed by atoms with Gasteiger partial charge in [-0.1, -0.05) is 11.8 Å². The van der Waals surface area contributed by atoms with Crippen LogP contribution in [0.5, 0.6) is 0 Å². The molecule has 1 aromatic heterocycles. The van der Waals surface area contributed by atoms with Crippen LogP contribution in [-0.4, -0.2) is 57.1 Å². The first-order valence-corrected chi connectivity index (χ1v) is 7.31. The average Bonchev–Trinajstić information content (AvgIpc) is 2.40. The van der Waals surface area contributed by atoms with Gasteiger partial charge in [-0.2, -0.15) is 0 Å². The molecule has 1 aliphatic rings. The van der Waals surface area contributed by atoms with Gasteiger partial charge in [0.1, 0.15) is 0 Å². The summed E-state index contributed by atoms with van der Waals surface area (Å²) in [6, 6.07) is 0. The van der Waals surface area contributed by atoms with Crippen LogP contribution in [0.25, 0.3) is 0 Å². The van der Waals surface area contributed by atoms with E-state index in [1.54, 1.807) is 0 Å². The molecule has 2 atom stereocenters. The van der Waals surface area contributed by atoms with Gasteiger partial charge in [-0.15, -0.1) is 0 Å². The number of rotatable bonds is 4. The zero-order valence-corrected chi connectivity index (χ0v) is 11.3. The molecule has 1 aliphatic heterocycles. The molecule has 0 unspecified atom stereocenters. The molecule has 2 N–H and O–H groups in total. The van der Waals surface area contributed by atoms with Crippen LogP contribution in [-0.2, 0) is 6.54 Å². The van der Waals surface area contributed by atoms with Crippen LogP contribution in [0.3, 0.4) is 0 Å². The molecule has 1 aromatic rings. The van der Waals surface area contributed by atoms with Crippen molar-refractivity contribution in [3.05, 3.63) is 18.0 Å². The first-order valence-electron chi connectivity index (χ1n) is 6.09. The average molecular weight is 269 g/mol. The van der Waals surface area contributed by atoms with Crippen molar-refractivity contribution in [1.29, 1.82) is 0 Å². The highest BCUT2D eigenvalue weighted by Crippen LogP contribution is 2.19. The Kier molecular flexibility index (Phi) is 4.94. The van der Waals surface area contributed by atoms with Crippen molar-refractivity contribution in [3.8, 4) is 0 Å². The molecule has 2 rings (SSSR count). The van der Waals surface area contributed by atoms with Crippen molar-refractivity contribution < 1.29 is 10.2 Å². The van der Waals surface area contributed by atoms with Gasteiger partial charge in [0.05, 0.1) is 6.10 Å². The lowest BCUT2D eigenvalue weighted by Crippen LogP contribution is -2.44. The molecule has 0 amide bonds. The monoisotopic (exact) mass is 269 g/mol. The summed E-state index contributed by atoms with van der Waals surface area (Å²) in [6.45, 7) is 2.33. The van der Waals surface area contributed by atoms with E-state index in [0.717, 1.165) is 30.2 Å². The highest BCUT2D eigenvalue weighted by atomic mass is 32.2. The molecule has 18 heavy (non-hydrogen) atoms. The minimum Gasteiger partial charge on any atom is -0.396 e. The molecule has 0 aliphatic carbocycles. The number of nitrogens with zero attached hydrogens (tertiary/aromatic N) is 3. The number of likely N-dealkylation sites (tertiary alicyclic amines) is 1. The fraction of sp³-hybridized carbons (Fsp3) is 0.667. The van der Waals surface area contributed by atoms with Crippen LogP contribution in [0, 0.1) is 5.92 Å². The van der Waals surface area contributed by atoms with Gasteiger partial charge in [0.2, 0.25) is 0 Å². The predicted molar refractivity (Wildman–Crippen MR) is 70.3 cm³/mol. The van der Waals surface area contributed by atoms with Crippen molar-refractivity contribution in [1.82, 2.24) is 14.9 Å². The SMILES string of the molecule is CSc1ncc(CN2CC[C@H](CO)[C@@H](O)C2)cn1. The Morgan fingerprint density at radius 1 is 1.44 bits per heavy atom. The summed E-state index contributed by atoms with van der Waals surface area (Å²) >= 11 is 1.52. The van der Waals surface area contributed by atoms with E-state index in [0.29, 0.717) is 6.54 Å². The lowest BCUT2D eigenvalue weighted by Gasteiger charge is -2.34. The third-order valence-corrected chi connectivity index (χ3v) is 3.89. The zero-order chi connectivity index (χ0) is 13.0. The normalized spacial score (nSPS) is 25.3. The molecule has 5 nitrogen and oxygen atoms in total. The second-order valence-corrected chi connectivity index (χ2v) is 5.39. The van der Waals surface area contributed by atoms with Gasteiger partial charge in [0.15, 0.2) is 5.16 Å². The first kappa shape index (κ1) is 13.7. The molecular weight excluding hydrogens is 250 g/mol. The summed E-state index contributed by atoms with van der Waals surface area (Å²) in [5, 5.41) is 19.7. The summed E-state index contributed by atoms with van der Waals surface area (Å²) in [7, 11) is 0. The van der Waals surface area contributed by atoms with E-state index in [9.17, 15) is 5.11 Å². The topological polar surface area (TPSA) is 69.5 Å². The van der Waals surface area contributed by atoms with E-state index < -0.39 is 6.10 Å². The standard InChI is InChI=1S/C12H19N3O2S/c1-18-12-13-4-9(5-14-12)6-15-3-2-10(8-16)11(17)7-15/h4-5,10-11,16-17H,2-3,6-8H2,1H3/t10-,11+/m1/s1. The molecule has 2 heterocycles. The fourth-order valence-corrected chi connectivity index (χ4v) is 2.51. The Hall–Kier alpha value is -0.690. The minimum atomic E-state index is -0.435. The number of aliphatic hydroxyl groups excluding tert-OH is 2. The number of hydrogen-bond acceptors (Lipinski definition) is 6. The number of piperidine rings is 1. The Morgan fingerprint density at radius 2 is 2.17 bits per heavy atom. The fourth-order valence-electron chi connectivity index (χ4n) is 2.19. The van der Waals surface area contributed by atoms with E-state index in [2.05, 4.69) is 14.9 Å². The van der Waals surface area contributed by atoms with Crippen molar-refractivity contribution >= 4 is 11.8 Å². The number of aromatic nitrogens is 2. The maximum Gasteiger partial charge on any atom is 0.187 e. The second-order valence-electron chi connectivity index (χ2n) is 4.61. The molecule has 0 aromatic carbocycles. The summed E-state index contributed by atoms with van der Waals surface area (Å²) in [5.41, 5.74) is 1.06. The van der Waals surface area contributed by atoms with Crippen molar-refractivity contribution in [3.63, 3.8) is 0 Å². The molecule has 0 saturated carbocycles. The predicted octanol–water partition coefficient (Wildman–Crippen LogP) is 0.374. The minimum absolute atomic E-state index is 0.0244. The van der Waals surface area contributed by atoms with Crippen LogP contribution in [0.15, 0.2) is 17.6 Å². The maximum absolute atomic E-state index is 9.86. The molecular formula is C12H19N3O2S. The Morgan fingerprint density at radius 3 is 2.72 bits per heavy atom. The van der Waals surface area contributed by atoms with Crippen LogP contribution >= 0.6 is 11.8 Å². The number of β-amino-alcohol motifs (C(OH)–C–C–N with tert-alkyl or cyclic N) is 1. The maximum atomic E-state index is 9.86. The lowest BCUT2D eigenvalue weighted by atomic mass is 9.94. The van der Waals surface area contributed by atoms with Gasteiger partial charge >= 0.3 is 0 Å². The van der Waals surface area contributed by atoms with E-state index in [4.69, 9.17) is 5.11 Å². The van der Waals surface area contributed by atoms with Crippen LogP contribution in [0.2, 0.25) is 0 Å². The molecule has 0 radical (unpaired) electrons. The summed E-state index contributed by atoms with van der Waals surface area (Å²) in [6.07, 6.45) is 6.02. The second kappa shape index (κ2) is 6.47. The smallest absolute Gasteiger partial charge is 0.187 e. The van der Waals surface area contributed by atoms with Gasteiger partial charge in [-0.3, -0.25) is 4.90 Å². The van der Waals surface area contributed by atoms with Gasteiger partial charge < -0.3 is 10.2 Å². The quantitative estimate of drug-likeness (QED) is 0.608. The molecule has 0 spiro atoms.